The standard InChI is InChI=1S/C21H24ClN3O2S2/c1-27-20(26)18-16-3-2-4-17(16)29-19(18)23-21(28)25-11-9-24(10-12-25)13-14-5-7-15(22)8-6-14/h5-8H,2-4,9-13H2,1H3,(H,23,28). The number of fused-ring (bicyclic) bond motifs is 1. The molecule has 1 aromatic heterocycles. The van der Waals surface area contributed by atoms with Gasteiger partial charge in [-0.1, -0.05) is 23.7 Å². The summed E-state index contributed by atoms with van der Waals surface area (Å²) in [4.78, 5) is 18.2. The van der Waals surface area contributed by atoms with Gasteiger partial charge in [-0.15, -0.1) is 11.3 Å². The van der Waals surface area contributed by atoms with Crippen LogP contribution in [0.5, 0.6) is 0 Å². The maximum absolute atomic E-state index is 12.3. The second-order valence-electron chi connectivity index (χ2n) is 7.37. The quantitative estimate of drug-likeness (QED) is 0.557. The Morgan fingerprint density at radius 2 is 1.93 bits per heavy atom. The number of nitrogens with one attached hydrogen (secondary N) is 1. The largest absolute Gasteiger partial charge is 0.465 e. The second kappa shape index (κ2) is 9.00. The highest BCUT2D eigenvalue weighted by atomic mass is 35.5. The molecule has 4 rings (SSSR count). The zero-order chi connectivity index (χ0) is 20.4. The van der Waals surface area contributed by atoms with Crippen LogP contribution in [0.15, 0.2) is 24.3 Å². The van der Waals surface area contributed by atoms with E-state index >= 15 is 0 Å². The number of rotatable bonds is 4. The van der Waals surface area contributed by atoms with Gasteiger partial charge in [-0.25, -0.2) is 4.79 Å². The highest BCUT2D eigenvalue weighted by Crippen LogP contribution is 2.39. The fraction of sp³-hybridized carbons (Fsp3) is 0.429. The summed E-state index contributed by atoms with van der Waals surface area (Å²) in [6.45, 7) is 4.51. The molecular formula is C21H24ClN3O2S2. The molecular weight excluding hydrogens is 426 g/mol. The number of hydrogen-bond donors (Lipinski definition) is 1. The predicted molar refractivity (Wildman–Crippen MR) is 122 cm³/mol. The SMILES string of the molecule is COC(=O)c1c(NC(=S)N2CCN(Cc3ccc(Cl)cc3)CC2)sc2c1CCC2. The molecule has 1 aliphatic carbocycles. The van der Waals surface area contributed by atoms with Crippen molar-refractivity contribution in [3.8, 4) is 0 Å². The number of esters is 1. The van der Waals surface area contributed by atoms with Crippen molar-refractivity contribution in [2.45, 2.75) is 25.8 Å². The molecule has 1 fully saturated rings. The molecule has 0 bridgehead atoms. The lowest BCUT2D eigenvalue weighted by Crippen LogP contribution is -2.49. The number of aryl methyl sites for hydroxylation is 1. The van der Waals surface area contributed by atoms with Crippen molar-refractivity contribution in [2.24, 2.45) is 0 Å². The van der Waals surface area contributed by atoms with Gasteiger partial charge in [0.15, 0.2) is 5.11 Å². The number of methoxy groups -OCH3 is 1. The first-order valence-electron chi connectivity index (χ1n) is 9.80. The summed E-state index contributed by atoms with van der Waals surface area (Å²) in [6.07, 6.45) is 3.07. The number of anilines is 1. The zero-order valence-electron chi connectivity index (χ0n) is 16.4. The van der Waals surface area contributed by atoms with Crippen LogP contribution in [0.3, 0.4) is 0 Å². The van der Waals surface area contributed by atoms with E-state index in [1.165, 1.54) is 17.6 Å². The van der Waals surface area contributed by atoms with E-state index in [2.05, 4.69) is 27.2 Å². The molecule has 1 aliphatic heterocycles. The first-order chi connectivity index (χ1) is 14.0. The van der Waals surface area contributed by atoms with Crippen LogP contribution in [-0.4, -0.2) is 54.2 Å². The molecule has 1 saturated heterocycles. The summed E-state index contributed by atoms with van der Waals surface area (Å²) < 4.78 is 5.02. The van der Waals surface area contributed by atoms with Crippen LogP contribution >= 0.6 is 35.2 Å². The third kappa shape index (κ3) is 4.58. The Hall–Kier alpha value is -1.67. The van der Waals surface area contributed by atoms with E-state index in [0.717, 1.165) is 67.6 Å². The summed E-state index contributed by atoms with van der Waals surface area (Å²) in [6, 6.07) is 8.02. The fourth-order valence-corrected chi connectivity index (χ4v) is 5.70. The smallest absolute Gasteiger partial charge is 0.341 e. The summed E-state index contributed by atoms with van der Waals surface area (Å²) in [7, 11) is 1.43. The highest BCUT2D eigenvalue weighted by Gasteiger charge is 2.28. The summed E-state index contributed by atoms with van der Waals surface area (Å²) in [5.74, 6) is -0.275. The first kappa shape index (κ1) is 20.6. The van der Waals surface area contributed by atoms with Crippen LogP contribution in [-0.2, 0) is 24.1 Å². The Labute approximate surface area is 185 Å². The molecule has 0 unspecified atom stereocenters. The molecule has 8 heteroatoms. The van der Waals surface area contributed by atoms with Gasteiger partial charge in [0.1, 0.15) is 5.00 Å². The fourth-order valence-electron chi connectivity index (χ4n) is 3.94. The van der Waals surface area contributed by atoms with E-state index < -0.39 is 0 Å². The zero-order valence-corrected chi connectivity index (χ0v) is 18.8. The molecule has 2 heterocycles. The van der Waals surface area contributed by atoms with Crippen LogP contribution in [0.1, 0.15) is 32.8 Å². The van der Waals surface area contributed by atoms with Crippen molar-refractivity contribution in [3.63, 3.8) is 0 Å². The van der Waals surface area contributed by atoms with Gasteiger partial charge < -0.3 is 15.0 Å². The Kier molecular flexibility index (Phi) is 6.39. The topological polar surface area (TPSA) is 44.8 Å². The van der Waals surface area contributed by atoms with Gasteiger partial charge in [-0.05, 0) is 54.7 Å². The van der Waals surface area contributed by atoms with Crippen molar-refractivity contribution in [2.75, 3.05) is 38.6 Å². The summed E-state index contributed by atoms with van der Waals surface area (Å²) in [5, 5.41) is 5.61. The normalized spacial score (nSPS) is 16.6. The molecule has 29 heavy (non-hydrogen) atoms. The maximum atomic E-state index is 12.3. The molecule has 0 atom stereocenters. The van der Waals surface area contributed by atoms with E-state index in [-0.39, 0.29) is 5.97 Å². The maximum Gasteiger partial charge on any atom is 0.341 e. The highest BCUT2D eigenvalue weighted by molar-refractivity contribution is 7.80. The average molecular weight is 450 g/mol. The van der Waals surface area contributed by atoms with Crippen LogP contribution in [0, 0.1) is 0 Å². The number of piperazine rings is 1. The van der Waals surface area contributed by atoms with Crippen molar-refractivity contribution in [1.82, 2.24) is 9.80 Å². The van der Waals surface area contributed by atoms with E-state index in [9.17, 15) is 4.79 Å². The van der Waals surface area contributed by atoms with Gasteiger partial charge >= 0.3 is 5.97 Å². The molecule has 1 N–H and O–H groups in total. The number of thiophene rings is 1. The lowest BCUT2D eigenvalue weighted by Gasteiger charge is -2.36. The number of nitrogens with zero attached hydrogens (tertiary/aromatic N) is 2. The van der Waals surface area contributed by atoms with Crippen molar-refractivity contribution < 1.29 is 9.53 Å². The van der Waals surface area contributed by atoms with Gasteiger partial charge in [0.05, 0.1) is 12.7 Å². The Bertz CT molecular complexity index is 905. The minimum absolute atomic E-state index is 0.275. The van der Waals surface area contributed by atoms with Gasteiger partial charge in [0, 0.05) is 42.6 Å². The van der Waals surface area contributed by atoms with Gasteiger partial charge in [0.25, 0.3) is 0 Å². The molecule has 1 aromatic carbocycles. The second-order valence-corrected chi connectivity index (χ2v) is 9.30. The van der Waals surface area contributed by atoms with Gasteiger partial charge in [0.2, 0.25) is 0 Å². The Morgan fingerprint density at radius 1 is 1.21 bits per heavy atom. The molecule has 5 nitrogen and oxygen atoms in total. The van der Waals surface area contributed by atoms with Crippen LogP contribution in [0.25, 0.3) is 0 Å². The minimum atomic E-state index is -0.275. The first-order valence-corrected chi connectivity index (χ1v) is 11.4. The van der Waals surface area contributed by atoms with Crippen molar-refractivity contribution >= 4 is 51.2 Å². The molecule has 0 spiro atoms. The third-order valence-electron chi connectivity index (χ3n) is 5.51. The van der Waals surface area contributed by atoms with E-state index in [4.69, 9.17) is 28.6 Å². The number of carbonyl (C=O) groups is 1. The average Bonchev–Trinajstić information content (AvgIpc) is 3.30. The lowest BCUT2D eigenvalue weighted by molar-refractivity contribution is 0.0601. The molecule has 0 saturated carbocycles. The van der Waals surface area contributed by atoms with Gasteiger partial charge in [-0.3, -0.25) is 4.90 Å². The monoisotopic (exact) mass is 449 g/mol. The van der Waals surface area contributed by atoms with E-state index in [1.807, 2.05) is 12.1 Å². The van der Waals surface area contributed by atoms with Gasteiger partial charge in [-0.2, -0.15) is 0 Å². The number of ether oxygens (including phenoxy) is 1. The van der Waals surface area contributed by atoms with Crippen LogP contribution in [0.2, 0.25) is 5.02 Å². The summed E-state index contributed by atoms with van der Waals surface area (Å²) in [5.41, 5.74) is 3.08. The third-order valence-corrected chi connectivity index (χ3v) is 7.33. The predicted octanol–water partition coefficient (Wildman–Crippen LogP) is 4.19. The molecule has 2 aromatic rings. The number of carbonyl (C=O) groups excluding carboxylic acids is 1. The minimum Gasteiger partial charge on any atom is -0.465 e. The summed E-state index contributed by atoms with van der Waals surface area (Å²) >= 11 is 13.3. The van der Waals surface area contributed by atoms with E-state index in [0.29, 0.717) is 10.7 Å². The molecule has 154 valence electrons. The number of halogens is 1. The van der Waals surface area contributed by atoms with E-state index in [1.54, 1.807) is 11.3 Å². The van der Waals surface area contributed by atoms with Crippen LogP contribution in [0.4, 0.5) is 5.00 Å². The van der Waals surface area contributed by atoms with Crippen molar-refractivity contribution in [1.29, 1.82) is 0 Å². The molecule has 0 amide bonds. The number of hydrogen-bond acceptors (Lipinski definition) is 5. The van der Waals surface area contributed by atoms with Crippen molar-refractivity contribution in [3.05, 3.63) is 50.9 Å². The Morgan fingerprint density at radius 3 is 2.62 bits per heavy atom. The molecule has 2 aliphatic rings. The number of thiocarbonyl (C=S) groups is 1. The lowest BCUT2D eigenvalue weighted by atomic mass is 10.1. The number of benzene rings is 1. The Balaban J connectivity index is 1.36. The van der Waals surface area contributed by atoms with Crippen LogP contribution < -0.4 is 5.32 Å². The molecule has 0 radical (unpaired) electrons.